The van der Waals surface area contributed by atoms with Gasteiger partial charge in [-0.3, -0.25) is 4.57 Å². The summed E-state index contributed by atoms with van der Waals surface area (Å²) in [5, 5.41) is 0.670. The van der Waals surface area contributed by atoms with E-state index in [2.05, 4.69) is 6.58 Å². The van der Waals surface area contributed by atoms with E-state index < -0.39 is 0 Å². The molecule has 0 aliphatic heterocycles. The van der Waals surface area contributed by atoms with Gasteiger partial charge in [0.05, 0.1) is 5.35 Å². The van der Waals surface area contributed by atoms with Crippen LogP contribution in [-0.4, -0.2) is 4.57 Å². The molecule has 0 radical (unpaired) electrons. The fourth-order valence-electron chi connectivity index (χ4n) is 1.32. The normalized spacial score (nSPS) is 10.4. The maximum Gasteiger partial charge on any atom is 0.419 e. The number of hydrogen-bond donors (Lipinski definition) is 0. The molecule has 0 unspecified atom stereocenters. The van der Waals surface area contributed by atoms with Crippen molar-refractivity contribution in [2.24, 2.45) is 7.05 Å². The van der Waals surface area contributed by atoms with Crippen molar-refractivity contribution in [1.82, 2.24) is 4.57 Å². The highest BCUT2D eigenvalue weighted by Gasteiger charge is 2.02. The zero-order valence-electron chi connectivity index (χ0n) is 8.39. The van der Waals surface area contributed by atoms with Crippen LogP contribution in [0.2, 0.25) is 0 Å². The van der Waals surface area contributed by atoms with Gasteiger partial charge in [0.2, 0.25) is 0 Å². The monoisotopic (exact) mass is 181 g/mol. The molecule has 0 atom stereocenters. The first-order valence-corrected chi connectivity index (χ1v) is 4.48. The smallest absolute Gasteiger partial charge is 0.408 e. The summed E-state index contributed by atoms with van der Waals surface area (Å²) in [7, 11) is 1.67. The molecule has 13 heavy (non-hydrogen) atoms. The van der Waals surface area contributed by atoms with E-state index in [1.807, 2.05) is 13.8 Å². The molecule has 0 fully saturated rings. The molecule has 0 N–H and O–H groups in total. The summed E-state index contributed by atoms with van der Waals surface area (Å²) in [4.78, 5) is 11.1. The van der Waals surface area contributed by atoms with Crippen LogP contribution in [0.15, 0.2) is 9.21 Å². The Morgan fingerprint density at radius 3 is 2.31 bits per heavy atom. The van der Waals surface area contributed by atoms with Crippen LogP contribution in [0.3, 0.4) is 0 Å². The topological polar surface area (TPSA) is 35.1 Å². The molecule has 1 rings (SSSR count). The van der Waals surface area contributed by atoms with Gasteiger partial charge in [-0.05, 0) is 18.4 Å². The molecule has 3 heteroatoms. The van der Waals surface area contributed by atoms with E-state index in [0.29, 0.717) is 10.8 Å². The van der Waals surface area contributed by atoms with Crippen molar-refractivity contribution in [1.29, 1.82) is 0 Å². The average Bonchev–Trinajstić information content (AvgIpc) is 2.36. The van der Waals surface area contributed by atoms with Gasteiger partial charge in [0.15, 0.2) is 5.42 Å². The van der Waals surface area contributed by atoms with Gasteiger partial charge in [-0.1, -0.05) is 20.4 Å². The van der Waals surface area contributed by atoms with E-state index in [9.17, 15) is 4.79 Å². The quantitative estimate of drug-likeness (QED) is 0.660. The van der Waals surface area contributed by atoms with Gasteiger partial charge in [-0.15, -0.1) is 0 Å². The minimum atomic E-state index is -0.334. The van der Waals surface area contributed by atoms with Gasteiger partial charge in [0.1, 0.15) is 0 Å². The molecule has 0 saturated heterocycles. The predicted molar refractivity (Wildman–Crippen MR) is 52.7 cm³/mol. The Balaban J connectivity index is 3.64. The second-order valence-corrected chi connectivity index (χ2v) is 3.01. The molecule has 0 aromatic carbocycles. The summed E-state index contributed by atoms with van der Waals surface area (Å²) in [5.41, 5.74) is 1.81. The maximum absolute atomic E-state index is 11.1. The molecular weight excluding hydrogens is 166 g/mol. The van der Waals surface area contributed by atoms with E-state index in [1.54, 1.807) is 7.05 Å². The average molecular weight is 181 g/mol. The lowest BCUT2D eigenvalue weighted by Gasteiger charge is -1.94. The van der Waals surface area contributed by atoms with Gasteiger partial charge in [0, 0.05) is 7.05 Å². The van der Waals surface area contributed by atoms with Gasteiger partial charge in [-0.25, -0.2) is 4.79 Å². The fourth-order valence-corrected chi connectivity index (χ4v) is 1.32. The van der Waals surface area contributed by atoms with Crippen molar-refractivity contribution in [2.75, 3.05) is 0 Å². The summed E-state index contributed by atoms with van der Waals surface area (Å²) < 4.78 is 6.53. The SMILES string of the molecule is C=c1c(=C(CC)CC)oc(=O)n1C. The molecule has 72 valence electrons. The van der Waals surface area contributed by atoms with Crippen LogP contribution in [0, 0.1) is 0 Å². The second kappa shape index (κ2) is 3.64. The van der Waals surface area contributed by atoms with Crippen LogP contribution >= 0.6 is 0 Å². The van der Waals surface area contributed by atoms with Gasteiger partial charge in [-0.2, -0.15) is 0 Å². The highest BCUT2D eigenvalue weighted by Crippen LogP contribution is 2.02. The summed E-state index contributed by atoms with van der Waals surface area (Å²) in [6.07, 6.45) is 1.79. The van der Waals surface area contributed by atoms with Gasteiger partial charge < -0.3 is 4.42 Å². The number of nitrogens with zero attached hydrogens (tertiary/aromatic N) is 1. The summed E-state index contributed by atoms with van der Waals surface area (Å²) in [6, 6.07) is 0. The fraction of sp³-hybridized carbons (Fsp3) is 0.500. The molecule has 0 amide bonds. The third-order valence-corrected chi connectivity index (χ3v) is 2.30. The molecule has 1 aromatic heterocycles. The first-order chi connectivity index (χ1) is 6.11. The molecule has 0 saturated carbocycles. The molecule has 0 aliphatic rings. The zero-order valence-corrected chi connectivity index (χ0v) is 8.39. The van der Waals surface area contributed by atoms with Crippen LogP contribution < -0.4 is 16.5 Å². The highest BCUT2D eigenvalue weighted by atomic mass is 16.4. The largest absolute Gasteiger partial charge is 0.419 e. The minimum absolute atomic E-state index is 0.334. The van der Waals surface area contributed by atoms with Crippen molar-refractivity contribution in [3.05, 3.63) is 21.3 Å². The van der Waals surface area contributed by atoms with Crippen LogP contribution in [0.1, 0.15) is 26.7 Å². The minimum Gasteiger partial charge on any atom is -0.408 e. The van der Waals surface area contributed by atoms with E-state index in [-0.39, 0.29) is 5.76 Å². The summed E-state index contributed by atoms with van der Waals surface area (Å²) in [6.45, 7) is 7.90. The third-order valence-electron chi connectivity index (χ3n) is 2.30. The number of hydrogen-bond acceptors (Lipinski definition) is 2. The van der Waals surface area contributed by atoms with Crippen LogP contribution in [-0.2, 0) is 7.05 Å². The lowest BCUT2D eigenvalue weighted by atomic mass is 10.1. The first kappa shape index (κ1) is 9.84. The maximum atomic E-state index is 11.1. The van der Waals surface area contributed by atoms with E-state index in [0.717, 1.165) is 18.4 Å². The molecule has 0 spiro atoms. The Morgan fingerprint density at radius 1 is 1.46 bits per heavy atom. The Kier molecular flexibility index (Phi) is 2.76. The molecular formula is C10H15NO2. The summed E-state index contributed by atoms with van der Waals surface area (Å²) >= 11 is 0. The Hall–Kier alpha value is -1.25. The van der Waals surface area contributed by atoms with Crippen LogP contribution in [0.5, 0.6) is 0 Å². The lowest BCUT2D eigenvalue weighted by Crippen LogP contribution is -2.29. The lowest BCUT2D eigenvalue weighted by molar-refractivity contribution is 0.466. The van der Waals surface area contributed by atoms with E-state index in [1.165, 1.54) is 4.57 Å². The summed E-state index contributed by atoms with van der Waals surface area (Å²) in [5.74, 6) is -0.334. The molecule has 1 aromatic rings. The number of aromatic nitrogens is 1. The van der Waals surface area contributed by atoms with Crippen molar-refractivity contribution < 1.29 is 4.42 Å². The first-order valence-electron chi connectivity index (χ1n) is 4.48. The predicted octanol–water partition coefficient (Wildman–Crippen LogP) is 0.359. The second-order valence-electron chi connectivity index (χ2n) is 3.01. The Labute approximate surface area is 77.0 Å². The van der Waals surface area contributed by atoms with E-state index in [4.69, 9.17) is 4.42 Å². The van der Waals surface area contributed by atoms with Crippen LogP contribution in [0.4, 0.5) is 0 Å². The Morgan fingerprint density at radius 2 is 2.00 bits per heavy atom. The Bertz CT molecular complexity index is 444. The zero-order chi connectivity index (χ0) is 10.0. The standard InChI is InChI=1S/C10H15NO2/c1-5-8(6-2)9-7(3)11(4)10(12)13-9/h3,5-6H2,1-2,4H3. The number of rotatable bonds is 2. The van der Waals surface area contributed by atoms with Crippen molar-refractivity contribution in [3.63, 3.8) is 0 Å². The van der Waals surface area contributed by atoms with Crippen molar-refractivity contribution >= 4 is 12.2 Å². The van der Waals surface area contributed by atoms with Crippen molar-refractivity contribution in [3.8, 4) is 0 Å². The molecule has 1 heterocycles. The molecule has 3 nitrogen and oxygen atoms in total. The molecule has 0 aliphatic carbocycles. The van der Waals surface area contributed by atoms with Crippen LogP contribution in [0.25, 0.3) is 12.2 Å². The van der Waals surface area contributed by atoms with Gasteiger partial charge >= 0.3 is 5.76 Å². The highest BCUT2D eigenvalue weighted by molar-refractivity contribution is 5.40. The van der Waals surface area contributed by atoms with Crippen molar-refractivity contribution in [2.45, 2.75) is 26.7 Å². The molecule has 0 bridgehead atoms. The van der Waals surface area contributed by atoms with Gasteiger partial charge in [0.25, 0.3) is 0 Å². The third kappa shape index (κ3) is 1.59. The van der Waals surface area contributed by atoms with E-state index >= 15 is 0 Å². The number of oxazole rings is 1.